The van der Waals surface area contributed by atoms with Crippen LogP contribution in [0.3, 0.4) is 0 Å². The topological polar surface area (TPSA) is 94.1 Å². The summed E-state index contributed by atoms with van der Waals surface area (Å²) >= 11 is 3.42. The van der Waals surface area contributed by atoms with Crippen molar-refractivity contribution in [1.29, 1.82) is 0 Å². The lowest BCUT2D eigenvalue weighted by Gasteiger charge is -2.37. The number of halogens is 1. The van der Waals surface area contributed by atoms with Gasteiger partial charge in [0.1, 0.15) is 5.75 Å². The van der Waals surface area contributed by atoms with Crippen LogP contribution in [0.1, 0.15) is 69.9 Å². The van der Waals surface area contributed by atoms with E-state index in [1.807, 2.05) is 52.0 Å². The minimum Gasteiger partial charge on any atom is -0.503 e. The van der Waals surface area contributed by atoms with Gasteiger partial charge < -0.3 is 24.6 Å². The summed E-state index contributed by atoms with van der Waals surface area (Å²) < 4.78 is 17.1. The molecule has 1 heterocycles. The second-order valence-electron chi connectivity index (χ2n) is 9.70. The van der Waals surface area contributed by atoms with Crippen molar-refractivity contribution in [1.82, 2.24) is 5.32 Å². The lowest BCUT2D eigenvalue weighted by molar-refractivity contribution is -0.144. The highest BCUT2D eigenvalue weighted by molar-refractivity contribution is 9.10. The number of allylic oxidation sites excluding steroid dienone is 3. The Morgan fingerprint density at radius 1 is 1.16 bits per heavy atom. The zero-order valence-corrected chi connectivity index (χ0v) is 24.0. The molecule has 3 atom stereocenters. The average molecular weight is 585 g/mol. The molecule has 2 aromatic carbocycles. The first-order valence-corrected chi connectivity index (χ1v) is 13.7. The van der Waals surface area contributed by atoms with Crippen LogP contribution >= 0.6 is 15.9 Å². The van der Waals surface area contributed by atoms with Crippen LogP contribution in [0.2, 0.25) is 0 Å². The van der Waals surface area contributed by atoms with Crippen LogP contribution in [0.4, 0.5) is 0 Å². The van der Waals surface area contributed by atoms with Crippen LogP contribution in [0.5, 0.6) is 17.2 Å². The molecule has 38 heavy (non-hydrogen) atoms. The van der Waals surface area contributed by atoms with E-state index in [2.05, 4.69) is 21.2 Å². The SMILES string of the molecule is CCOc1cc([C@@H]2C(C(=O)O[C@H](C)CC)=C(C)NC3=C2C(=O)C[C@H](c2ccc(OC)cc2)C3)cc(Br)c1O. The van der Waals surface area contributed by atoms with Gasteiger partial charge >= 0.3 is 5.97 Å². The van der Waals surface area contributed by atoms with E-state index in [0.717, 1.165) is 17.0 Å². The number of phenols is 1. The van der Waals surface area contributed by atoms with E-state index >= 15 is 0 Å². The number of carbonyl (C=O) groups is 2. The van der Waals surface area contributed by atoms with E-state index in [1.165, 1.54) is 0 Å². The molecule has 2 N–H and O–H groups in total. The quantitative estimate of drug-likeness (QED) is 0.354. The number of hydrogen-bond donors (Lipinski definition) is 2. The van der Waals surface area contributed by atoms with Gasteiger partial charge in [0.15, 0.2) is 17.3 Å². The van der Waals surface area contributed by atoms with E-state index in [4.69, 9.17) is 14.2 Å². The van der Waals surface area contributed by atoms with Crippen molar-refractivity contribution >= 4 is 27.7 Å². The van der Waals surface area contributed by atoms with E-state index in [9.17, 15) is 14.7 Å². The summed E-state index contributed by atoms with van der Waals surface area (Å²) in [4.78, 5) is 27.3. The molecule has 202 valence electrons. The molecule has 8 heteroatoms. The van der Waals surface area contributed by atoms with E-state index in [-0.39, 0.29) is 29.3 Å². The summed E-state index contributed by atoms with van der Waals surface area (Å²) in [6, 6.07) is 11.2. The molecule has 7 nitrogen and oxygen atoms in total. The number of phenolic OH excluding ortho intramolecular Hbond substituents is 1. The Balaban J connectivity index is 1.82. The highest BCUT2D eigenvalue weighted by Crippen LogP contribution is 2.48. The third-order valence-corrected chi connectivity index (χ3v) is 7.81. The zero-order chi connectivity index (χ0) is 27.6. The smallest absolute Gasteiger partial charge is 0.337 e. The van der Waals surface area contributed by atoms with Gasteiger partial charge in [-0.1, -0.05) is 19.1 Å². The van der Waals surface area contributed by atoms with Gasteiger partial charge in [0.05, 0.1) is 29.9 Å². The Labute approximate surface area is 232 Å². The van der Waals surface area contributed by atoms with Crippen molar-refractivity contribution in [3.8, 4) is 17.2 Å². The minimum absolute atomic E-state index is 0.00717. The standard InChI is InChI=1S/C30H34BrNO6/c1-6-16(3)38-30(35)26-17(4)32-23-13-19(18-8-10-21(36-5)11-9-18)14-24(33)28(23)27(26)20-12-22(31)29(34)25(15-20)37-7-2/h8-12,15-16,19,27,32,34H,6-7,13-14H2,1-5H3/t16-,19-,27-/m1/s1. The third kappa shape index (κ3) is 5.46. The Morgan fingerprint density at radius 2 is 1.87 bits per heavy atom. The molecule has 0 radical (unpaired) electrons. The van der Waals surface area contributed by atoms with Crippen LogP contribution in [0.25, 0.3) is 0 Å². The fourth-order valence-electron chi connectivity index (χ4n) is 5.11. The van der Waals surface area contributed by atoms with Gasteiger partial charge in [0.2, 0.25) is 0 Å². The highest BCUT2D eigenvalue weighted by Gasteiger charge is 2.42. The molecular formula is C30H34BrNO6. The summed E-state index contributed by atoms with van der Waals surface area (Å²) in [7, 11) is 1.62. The molecule has 0 saturated heterocycles. The average Bonchev–Trinajstić information content (AvgIpc) is 2.90. The molecule has 0 saturated carbocycles. The number of benzene rings is 2. The number of hydrogen-bond acceptors (Lipinski definition) is 7. The molecule has 2 aromatic rings. The summed E-state index contributed by atoms with van der Waals surface area (Å²) in [5.41, 5.74) is 4.11. The Bertz CT molecular complexity index is 1300. The fourth-order valence-corrected chi connectivity index (χ4v) is 5.57. The predicted octanol–water partition coefficient (Wildman–Crippen LogP) is 6.27. The molecule has 2 aliphatic rings. The summed E-state index contributed by atoms with van der Waals surface area (Å²) in [5.74, 6) is -0.156. The Kier molecular flexibility index (Phi) is 8.51. The number of esters is 1. The maximum Gasteiger partial charge on any atom is 0.337 e. The molecule has 1 aliphatic heterocycles. The lowest BCUT2D eigenvalue weighted by atomic mass is 9.71. The second kappa shape index (κ2) is 11.6. The second-order valence-corrected chi connectivity index (χ2v) is 10.6. The molecule has 0 unspecified atom stereocenters. The molecule has 4 rings (SSSR count). The first-order valence-electron chi connectivity index (χ1n) is 12.9. The number of ether oxygens (including phenoxy) is 3. The first kappa shape index (κ1) is 27.8. The van der Waals surface area contributed by atoms with E-state index < -0.39 is 11.9 Å². The number of Topliss-reactive ketones (excluding diaryl/α,β-unsaturated/α-hetero) is 1. The highest BCUT2D eigenvalue weighted by atomic mass is 79.9. The van der Waals surface area contributed by atoms with Crippen LogP contribution < -0.4 is 14.8 Å². The van der Waals surface area contributed by atoms with Gasteiger partial charge in [-0.05, 0) is 90.9 Å². The van der Waals surface area contributed by atoms with Crippen molar-refractivity contribution < 1.29 is 28.9 Å². The Morgan fingerprint density at radius 3 is 2.50 bits per heavy atom. The number of ketones is 1. The van der Waals surface area contributed by atoms with Crippen LogP contribution in [0, 0.1) is 0 Å². The molecule has 1 aliphatic carbocycles. The summed E-state index contributed by atoms with van der Waals surface area (Å²) in [5, 5.41) is 13.9. The summed E-state index contributed by atoms with van der Waals surface area (Å²) in [6.07, 6.45) is 1.33. The summed E-state index contributed by atoms with van der Waals surface area (Å²) in [6.45, 7) is 7.81. The number of aromatic hydroxyl groups is 1. The van der Waals surface area contributed by atoms with Crippen LogP contribution in [-0.4, -0.2) is 36.7 Å². The van der Waals surface area contributed by atoms with Gasteiger partial charge in [-0.25, -0.2) is 4.79 Å². The van der Waals surface area contributed by atoms with Gasteiger partial charge in [-0.2, -0.15) is 0 Å². The van der Waals surface area contributed by atoms with Crippen molar-refractivity contribution in [2.75, 3.05) is 13.7 Å². The maximum atomic E-state index is 13.8. The monoisotopic (exact) mass is 583 g/mol. The number of carbonyl (C=O) groups excluding carboxylic acids is 2. The number of rotatable bonds is 8. The normalized spacial score (nSPS) is 20.0. The first-order chi connectivity index (χ1) is 18.2. The lowest BCUT2D eigenvalue weighted by Crippen LogP contribution is -2.36. The van der Waals surface area contributed by atoms with E-state index in [1.54, 1.807) is 19.2 Å². The fraction of sp³-hybridized carbons (Fsp3) is 0.400. The van der Waals surface area contributed by atoms with Gasteiger partial charge in [-0.15, -0.1) is 0 Å². The van der Waals surface area contributed by atoms with Crippen molar-refractivity contribution in [2.24, 2.45) is 0 Å². The van der Waals surface area contributed by atoms with Crippen molar-refractivity contribution in [3.05, 3.63) is 74.5 Å². The molecule has 0 spiro atoms. The van der Waals surface area contributed by atoms with Gasteiger partial charge in [0, 0.05) is 29.3 Å². The predicted molar refractivity (Wildman–Crippen MR) is 148 cm³/mol. The van der Waals surface area contributed by atoms with E-state index in [0.29, 0.717) is 52.7 Å². The molecular weight excluding hydrogens is 550 g/mol. The minimum atomic E-state index is -0.664. The number of methoxy groups -OCH3 is 1. The molecule has 0 fully saturated rings. The van der Waals surface area contributed by atoms with Crippen molar-refractivity contribution in [3.63, 3.8) is 0 Å². The van der Waals surface area contributed by atoms with Gasteiger partial charge in [-0.3, -0.25) is 4.79 Å². The van der Waals surface area contributed by atoms with Crippen LogP contribution in [0.15, 0.2) is 63.4 Å². The Hall–Kier alpha value is -3.26. The zero-order valence-electron chi connectivity index (χ0n) is 22.4. The molecule has 0 amide bonds. The van der Waals surface area contributed by atoms with Gasteiger partial charge in [0.25, 0.3) is 0 Å². The molecule has 0 bridgehead atoms. The number of dihydropyridines is 1. The maximum absolute atomic E-state index is 13.8. The molecule has 0 aromatic heterocycles. The third-order valence-electron chi connectivity index (χ3n) is 7.20. The van der Waals surface area contributed by atoms with Crippen LogP contribution in [-0.2, 0) is 14.3 Å². The number of nitrogens with one attached hydrogen (secondary N) is 1. The van der Waals surface area contributed by atoms with Crippen molar-refractivity contribution in [2.45, 2.75) is 64.9 Å². The largest absolute Gasteiger partial charge is 0.503 e.